The van der Waals surface area contributed by atoms with Gasteiger partial charge in [0, 0.05) is 18.2 Å². The van der Waals surface area contributed by atoms with Crippen molar-refractivity contribution < 1.29 is 9.47 Å². The van der Waals surface area contributed by atoms with Crippen LogP contribution in [0.3, 0.4) is 0 Å². The highest BCUT2D eigenvalue weighted by Gasteiger charge is 2.14. The summed E-state index contributed by atoms with van der Waals surface area (Å²) in [4.78, 5) is 6.65. The molecule has 6 nitrogen and oxygen atoms in total. The Morgan fingerprint density at radius 3 is 2.73 bits per heavy atom. The monoisotopic (exact) mass is 488 g/mol. The molecule has 2 heterocycles. The molecule has 0 fully saturated rings. The summed E-state index contributed by atoms with van der Waals surface area (Å²) >= 11 is 1.69. The maximum absolute atomic E-state index is 6.07. The Bertz CT molecular complexity index is 722. The summed E-state index contributed by atoms with van der Waals surface area (Å²) in [6, 6.07) is 8.03. The third-order valence-corrected chi connectivity index (χ3v) is 4.71. The maximum atomic E-state index is 6.07. The van der Waals surface area contributed by atoms with Gasteiger partial charge in [0.25, 0.3) is 0 Å². The number of ether oxygens (including phenoxy) is 2. The fourth-order valence-corrected chi connectivity index (χ4v) is 3.35. The lowest BCUT2D eigenvalue weighted by Crippen LogP contribution is -2.27. The molecule has 0 radical (unpaired) electrons. The largest absolute Gasteiger partial charge is 0.490 e. The number of thiophene rings is 1. The smallest absolute Gasteiger partial charge is 0.193 e. The van der Waals surface area contributed by atoms with E-state index in [-0.39, 0.29) is 30.0 Å². The zero-order chi connectivity index (χ0) is 17.6. The van der Waals surface area contributed by atoms with Gasteiger partial charge in [-0.3, -0.25) is 4.99 Å². The van der Waals surface area contributed by atoms with E-state index in [2.05, 4.69) is 32.0 Å². The number of hydrogen-bond donors (Lipinski definition) is 2. The van der Waals surface area contributed by atoms with Crippen LogP contribution in [0, 0.1) is 0 Å². The lowest BCUT2D eigenvalue weighted by atomic mass is 10.1. The third kappa shape index (κ3) is 5.49. The summed E-state index contributed by atoms with van der Waals surface area (Å²) in [5.74, 6) is 1.89. The maximum Gasteiger partial charge on any atom is 0.193 e. The number of aliphatic imine (C=N–C) groups is 1. The molecular formula is C18H25IN4O2S. The van der Waals surface area contributed by atoms with Gasteiger partial charge in [-0.25, -0.2) is 0 Å². The van der Waals surface area contributed by atoms with Crippen molar-refractivity contribution in [1.29, 1.82) is 0 Å². The molecule has 3 N–H and O–H groups in total. The summed E-state index contributed by atoms with van der Waals surface area (Å²) in [5.41, 5.74) is 8.15. The van der Waals surface area contributed by atoms with E-state index in [1.54, 1.807) is 11.3 Å². The number of anilines is 1. The fourth-order valence-electron chi connectivity index (χ4n) is 2.64. The molecule has 0 aliphatic carbocycles. The molecule has 3 rings (SSSR count). The topological polar surface area (TPSA) is 72.1 Å². The number of fused-ring (bicyclic) bond motifs is 1. The van der Waals surface area contributed by atoms with E-state index in [9.17, 15) is 0 Å². The first-order chi connectivity index (χ1) is 12.1. The van der Waals surface area contributed by atoms with E-state index in [1.165, 1.54) is 5.56 Å². The van der Waals surface area contributed by atoms with E-state index < -0.39 is 0 Å². The second-order valence-corrected chi connectivity index (χ2v) is 6.88. The Morgan fingerprint density at radius 2 is 2.04 bits per heavy atom. The van der Waals surface area contributed by atoms with Gasteiger partial charge in [0.15, 0.2) is 17.5 Å². The highest BCUT2D eigenvalue weighted by Crippen LogP contribution is 2.32. The van der Waals surface area contributed by atoms with Gasteiger partial charge in [0.05, 0.1) is 25.8 Å². The van der Waals surface area contributed by atoms with E-state index in [0.717, 1.165) is 23.6 Å². The van der Waals surface area contributed by atoms with Gasteiger partial charge in [0.2, 0.25) is 0 Å². The number of rotatable bonds is 5. The van der Waals surface area contributed by atoms with Crippen molar-refractivity contribution in [2.24, 2.45) is 10.7 Å². The van der Waals surface area contributed by atoms with Crippen molar-refractivity contribution >= 4 is 47.0 Å². The molecule has 1 aliphatic heterocycles. The van der Waals surface area contributed by atoms with Gasteiger partial charge in [-0.1, -0.05) is 0 Å². The summed E-state index contributed by atoms with van der Waals surface area (Å²) in [6.45, 7) is 1.93. The van der Waals surface area contributed by atoms with Crippen LogP contribution in [0.1, 0.15) is 18.0 Å². The summed E-state index contributed by atoms with van der Waals surface area (Å²) in [7, 11) is 4.09. The standard InChI is InChI=1S/C18H24N4O2S.HI/c1-22(2)15(13-6-9-25-12-13)11-20-18(19)21-14-4-5-16-17(10-14)24-8-3-7-23-16;/h4-6,9-10,12,15H,3,7-8,11H2,1-2H3,(H3,19,20,21);1H. The average Bonchev–Trinajstić information content (AvgIpc) is 3.00. The highest BCUT2D eigenvalue weighted by molar-refractivity contribution is 14.0. The number of nitrogens with two attached hydrogens (primary N) is 1. The number of benzene rings is 1. The van der Waals surface area contributed by atoms with E-state index in [0.29, 0.717) is 25.7 Å². The number of nitrogens with one attached hydrogen (secondary N) is 1. The van der Waals surface area contributed by atoms with Gasteiger partial charge in [-0.15, -0.1) is 24.0 Å². The van der Waals surface area contributed by atoms with Gasteiger partial charge in [-0.2, -0.15) is 11.3 Å². The average molecular weight is 488 g/mol. The van der Waals surface area contributed by atoms with Crippen LogP contribution in [0.15, 0.2) is 40.0 Å². The predicted molar refractivity (Wildman–Crippen MR) is 118 cm³/mol. The zero-order valence-electron chi connectivity index (χ0n) is 15.0. The Balaban J connectivity index is 0.00000243. The fraction of sp³-hybridized carbons (Fsp3) is 0.389. The lowest BCUT2D eigenvalue weighted by molar-refractivity contribution is 0.297. The van der Waals surface area contributed by atoms with Crippen molar-refractivity contribution in [3.8, 4) is 11.5 Å². The second-order valence-electron chi connectivity index (χ2n) is 6.10. The quantitative estimate of drug-likeness (QED) is 0.383. The van der Waals surface area contributed by atoms with Crippen LogP contribution in [0.4, 0.5) is 5.69 Å². The number of likely N-dealkylation sites (N-methyl/N-ethyl adjacent to an activating group) is 1. The SMILES string of the molecule is CN(C)C(CN=C(N)Nc1ccc2c(c1)OCCCO2)c1ccsc1.I. The van der Waals surface area contributed by atoms with Crippen LogP contribution in [-0.2, 0) is 0 Å². The van der Waals surface area contributed by atoms with Crippen LogP contribution >= 0.6 is 35.3 Å². The van der Waals surface area contributed by atoms with E-state index >= 15 is 0 Å². The van der Waals surface area contributed by atoms with Crippen LogP contribution in [0.25, 0.3) is 0 Å². The number of guanidine groups is 1. The van der Waals surface area contributed by atoms with Crippen molar-refractivity contribution in [3.05, 3.63) is 40.6 Å². The van der Waals surface area contributed by atoms with Crippen molar-refractivity contribution in [3.63, 3.8) is 0 Å². The van der Waals surface area contributed by atoms with Gasteiger partial charge >= 0.3 is 0 Å². The van der Waals surface area contributed by atoms with Gasteiger partial charge in [0.1, 0.15) is 0 Å². The molecule has 0 spiro atoms. The highest BCUT2D eigenvalue weighted by atomic mass is 127. The summed E-state index contributed by atoms with van der Waals surface area (Å²) in [6.07, 6.45) is 0.884. The first kappa shape index (κ1) is 20.8. The molecule has 0 saturated heterocycles. The number of halogens is 1. The van der Waals surface area contributed by atoms with Gasteiger partial charge < -0.3 is 25.4 Å². The Hall–Kier alpha value is -1.52. The minimum atomic E-state index is 0. The molecule has 0 amide bonds. The molecular weight excluding hydrogens is 463 g/mol. The van der Waals surface area contributed by atoms with Crippen molar-refractivity contribution in [2.75, 3.05) is 39.2 Å². The van der Waals surface area contributed by atoms with E-state index in [4.69, 9.17) is 15.2 Å². The molecule has 1 aliphatic rings. The van der Waals surface area contributed by atoms with Crippen LogP contribution in [-0.4, -0.2) is 44.7 Å². The molecule has 26 heavy (non-hydrogen) atoms. The number of nitrogens with zero attached hydrogens (tertiary/aromatic N) is 2. The molecule has 1 unspecified atom stereocenters. The van der Waals surface area contributed by atoms with Gasteiger partial charge in [-0.05, 0) is 48.6 Å². The summed E-state index contributed by atoms with van der Waals surface area (Å²) < 4.78 is 11.3. The molecule has 142 valence electrons. The predicted octanol–water partition coefficient (Wildman–Crippen LogP) is 3.56. The minimum absolute atomic E-state index is 0. The van der Waals surface area contributed by atoms with Crippen LogP contribution < -0.4 is 20.5 Å². The van der Waals surface area contributed by atoms with Crippen LogP contribution in [0.2, 0.25) is 0 Å². The Morgan fingerprint density at radius 1 is 1.27 bits per heavy atom. The molecule has 1 atom stereocenters. The molecule has 1 aromatic heterocycles. The summed E-state index contributed by atoms with van der Waals surface area (Å²) in [5, 5.41) is 7.35. The molecule has 0 saturated carbocycles. The van der Waals surface area contributed by atoms with Crippen LogP contribution in [0.5, 0.6) is 11.5 Å². The Labute approximate surface area is 175 Å². The third-order valence-electron chi connectivity index (χ3n) is 4.01. The minimum Gasteiger partial charge on any atom is -0.490 e. The zero-order valence-corrected chi connectivity index (χ0v) is 18.1. The normalized spacial score (nSPS) is 15.1. The first-order valence-corrected chi connectivity index (χ1v) is 9.23. The molecule has 8 heteroatoms. The molecule has 0 bridgehead atoms. The van der Waals surface area contributed by atoms with Crippen molar-refractivity contribution in [1.82, 2.24) is 4.90 Å². The lowest BCUT2D eigenvalue weighted by Gasteiger charge is -2.22. The van der Waals surface area contributed by atoms with Crippen molar-refractivity contribution in [2.45, 2.75) is 12.5 Å². The molecule has 1 aromatic carbocycles. The second kappa shape index (κ2) is 9.98. The van der Waals surface area contributed by atoms with E-state index in [1.807, 2.05) is 32.3 Å². The number of hydrogen-bond acceptors (Lipinski definition) is 5. The Kier molecular flexibility index (Phi) is 7.98. The first-order valence-electron chi connectivity index (χ1n) is 8.28. The molecule has 2 aromatic rings.